The minimum absolute atomic E-state index is 0.0140. The highest BCUT2D eigenvalue weighted by Crippen LogP contribution is 2.30. The summed E-state index contributed by atoms with van der Waals surface area (Å²) < 4.78 is 16.7. The van der Waals surface area contributed by atoms with Crippen LogP contribution in [0.25, 0.3) is 0 Å². The first kappa shape index (κ1) is 21.3. The molecule has 1 N–H and O–H groups in total. The molecule has 0 heterocycles. The first-order valence-electron chi connectivity index (χ1n) is 9.37. The van der Waals surface area contributed by atoms with Crippen molar-refractivity contribution in [1.29, 1.82) is 0 Å². The topological polar surface area (TPSA) is 73.9 Å². The minimum atomic E-state index is -0.241. The third-order valence-corrected chi connectivity index (χ3v) is 4.08. The van der Waals surface area contributed by atoms with E-state index in [-0.39, 0.29) is 24.3 Å². The number of ketones is 1. The second-order valence-electron chi connectivity index (χ2n) is 6.23. The Hall–Kier alpha value is -3.02. The molecule has 1 atom stereocenters. The summed E-state index contributed by atoms with van der Waals surface area (Å²) in [5.74, 6) is 1.62. The molecule has 2 aromatic rings. The van der Waals surface area contributed by atoms with E-state index in [1.165, 1.54) is 6.92 Å². The van der Waals surface area contributed by atoms with Crippen LogP contribution in [-0.2, 0) is 4.79 Å². The highest BCUT2D eigenvalue weighted by Gasteiger charge is 2.14. The van der Waals surface area contributed by atoms with Crippen molar-refractivity contribution in [3.8, 4) is 17.2 Å². The van der Waals surface area contributed by atoms with E-state index in [2.05, 4.69) is 5.32 Å². The monoisotopic (exact) mass is 385 g/mol. The molecule has 0 aliphatic heterocycles. The van der Waals surface area contributed by atoms with E-state index in [0.717, 1.165) is 5.56 Å². The van der Waals surface area contributed by atoms with Crippen LogP contribution in [0.3, 0.4) is 0 Å². The molecule has 0 unspecified atom stereocenters. The van der Waals surface area contributed by atoms with Crippen molar-refractivity contribution in [2.24, 2.45) is 0 Å². The molecule has 6 heteroatoms. The molecule has 2 rings (SSSR count). The third kappa shape index (κ3) is 6.01. The van der Waals surface area contributed by atoms with Crippen LogP contribution in [0.15, 0.2) is 42.5 Å². The van der Waals surface area contributed by atoms with Gasteiger partial charge in [-0.3, -0.25) is 9.59 Å². The largest absolute Gasteiger partial charge is 0.490 e. The van der Waals surface area contributed by atoms with Gasteiger partial charge in [0.25, 0.3) is 5.91 Å². The van der Waals surface area contributed by atoms with E-state index < -0.39 is 0 Å². The zero-order chi connectivity index (χ0) is 20.5. The molecule has 28 heavy (non-hydrogen) atoms. The van der Waals surface area contributed by atoms with Crippen LogP contribution < -0.4 is 19.5 Å². The Kier molecular flexibility index (Phi) is 7.87. The molecule has 2 aromatic carbocycles. The van der Waals surface area contributed by atoms with Gasteiger partial charge in [0.2, 0.25) is 0 Å². The van der Waals surface area contributed by atoms with Crippen LogP contribution >= 0.6 is 0 Å². The van der Waals surface area contributed by atoms with Gasteiger partial charge < -0.3 is 19.5 Å². The number of hydrogen-bond acceptors (Lipinski definition) is 5. The lowest BCUT2D eigenvalue weighted by molar-refractivity contribution is -0.123. The lowest BCUT2D eigenvalue weighted by atomic mass is 10.1. The average molecular weight is 385 g/mol. The maximum absolute atomic E-state index is 12.2. The molecule has 0 aliphatic carbocycles. The van der Waals surface area contributed by atoms with Gasteiger partial charge in [-0.15, -0.1) is 0 Å². The van der Waals surface area contributed by atoms with Crippen molar-refractivity contribution < 1.29 is 23.8 Å². The first-order valence-corrected chi connectivity index (χ1v) is 9.37. The van der Waals surface area contributed by atoms with Gasteiger partial charge in [0, 0.05) is 5.56 Å². The van der Waals surface area contributed by atoms with E-state index in [4.69, 9.17) is 14.2 Å². The van der Waals surface area contributed by atoms with E-state index in [1.807, 2.05) is 39.0 Å². The number of ether oxygens (including phenoxy) is 3. The number of amides is 1. The standard InChI is InChI=1S/C22H27NO5/c1-5-26-20-12-9-18(13-21(20)27-6-2)15(3)23-22(25)14-28-19-10-7-17(8-11-19)16(4)24/h7-13,15H,5-6,14H2,1-4H3,(H,23,25)/t15-/m1/s1. The van der Waals surface area contributed by atoms with Crippen LogP contribution in [0.5, 0.6) is 17.2 Å². The highest BCUT2D eigenvalue weighted by molar-refractivity contribution is 5.94. The maximum atomic E-state index is 12.2. The molecule has 0 fully saturated rings. The van der Waals surface area contributed by atoms with Crippen molar-refractivity contribution in [2.45, 2.75) is 33.7 Å². The molecular formula is C22H27NO5. The molecule has 0 spiro atoms. The van der Waals surface area contributed by atoms with Gasteiger partial charge in [0.15, 0.2) is 23.9 Å². The van der Waals surface area contributed by atoms with Gasteiger partial charge in [-0.2, -0.15) is 0 Å². The molecular weight excluding hydrogens is 358 g/mol. The zero-order valence-corrected chi connectivity index (χ0v) is 16.8. The second-order valence-corrected chi connectivity index (χ2v) is 6.23. The van der Waals surface area contributed by atoms with Crippen molar-refractivity contribution in [3.63, 3.8) is 0 Å². The lowest BCUT2D eigenvalue weighted by Crippen LogP contribution is -2.31. The fourth-order valence-electron chi connectivity index (χ4n) is 2.64. The van der Waals surface area contributed by atoms with Gasteiger partial charge in [-0.1, -0.05) is 6.07 Å². The summed E-state index contributed by atoms with van der Waals surface area (Å²) in [6.45, 7) is 8.19. The zero-order valence-electron chi connectivity index (χ0n) is 16.8. The molecule has 150 valence electrons. The van der Waals surface area contributed by atoms with Gasteiger partial charge >= 0.3 is 0 Å². The highest BCUT2D eigenvalue weighted by atomic mass is 16.5. The predicted octanol–water partition coefficient (Wildman–Crippen LogP) is 3.94. The van der Waals surface area contributed by atoms with E-state index in [1.54, 1.807) is 24.3 Å². The number of nitrogens with one attached hydrogen (secondary N) is 1. The Bertz CT molecular complexity index is 801. The van der Waals surface area contributed by atoms with Crippen molar-refractivity contribution >= 4 is 11.7 Å². The minimum Gasteiger partial charge on any atom is -0.490 e. The van der Waals surface area contributed by atoms with Gasteiger partial charge in [-0.25, -0.2) is 0 Å². The smallest absolute Gasteiger partial charge is 0.258 e. The first-order chi connectivity index (χ1) is 13.4. The molecule has 0 aromatic heterocycles. The Balaban J connectivity index is 1.94. The normalized spacial score (nSPS) is 11.4. The molecule has 0 saturated carbocycles. The molecule has 0 bridgehead atoms. The van der Waals surface area contributed by atoms with Gasteiger partial charge in [-0.05, 0) is 69.7 Å². The third-order valence-electron chi connectivity index (χ3n) is 4.08. The lowest BCUT2D eigenvalue weighted by Gasteiger charge is -2.17. The summed E-state index contributed by atoms with van der Waals surface area (Å²) in [7, 11) is 0. The summed E-state index contributed by atoms with van der Waals surface area (Å²) in [4.78, 5) is 23.5. The van der Waals surface area contributed by atoms with Crippen molar-refractivity contribution in [2.75, 3.05) is 19.8 Å². The van der Waals surface area contributed by atoms with Crippen molar-refractivity contribution in [3.05, 3.63) is 53.6 Å². The quantitative estimate of drug-likeness (QED) is 0.627. The van der Waals surface area contributed by atoms with Crippen LogP contribution in [0.4, 0.5) is 0 Å². The molecule has 0 saturated heterocycles. The van der Waals surface area contributed by atoms with E-state index in [9.17, 15) is 9.59 Å². The van der Waals surface area contributed by atoms with Gasteiger partial charge in [0.05, 0.1) is 19.3 Å². The number of carbonyl (C=O) groups excluding carboxylic acids is 2. The average Bonchev–Trinajstić information content (AvgIpc) is 2.68. The number of Topliss-reactive ketones (excluding diaryl/α,β-unsaturated/α-hetero) is 1. The fourth-order valence-corrected chi connectivity index (χ4v) is 2.64. The fraction of sp³-hybridized carbons (Fsp3) is 0.364. The van der Waals surface area contributed by atoms with Crippen LogP contribution in [0.1, 0.15) is 49.7 Å². The summed E-state index contributed by atoms with van der Waals surface area (Å²) >= 11 is 0. The predicted molar refractivity (Wildman–Crippen MR) is 107 cm³/mol. The summed E-state index contributed by atoms with van der Waals surface area (Å²) in [5.41, 5.74) is 1.51. The summed E-state index contributed by atoms with van der Waals surface area (Å²) in [6.07, 6.45) is 0. The van der Waals surface area contributed by atoms with Crippen molar-refractivity contribution in [1.82, 2.24) is 5.32 Å². The van der Waals surface area contributed by atoms with Crippen LogP contribution in [-0.4, -0.2) is 31.5 Å². The molecule has 6 nitrogen and oxygen atoms in total. The molecule has 1 amide bonds. The number of benzene rings is 2. The second kappa shape index (κ2) is 10.3. The van der Waals surface area contributed by atoms with Gasteiger partial charge in [0.1, 0.15) is 5.75 Å². The SMILES string of the molecule is CCOc1ccc([C@@H](C)NC(=O)COc2ccc(C(C)=O)cc2)cc1OCC. The number of rotatable bonds is 10. The maximum Gasteiger partial charge on any atom is 0.258 e. The molecule has 0 aliphatic rings. The number of carbonyl (C=O) groups is 2. The molecule has 0 radical (unpaired) electrons. The van der Waals surface area contributed by atoms with Crippen LogP contribution in [0, 0.1) is 0 Å². The van der Waals surface area contributed by atoms with Crippen LogP contribution in [0.2, 0.25) is 0 Å². The Labute approximate surface area is 165 Å². The Morgan fingerprint density at radius 1 is 0.929 bits per heavy atom. The van der Waals surface area contributed by atoms with E-state index >= 15 is 0 Å². The Morgan fingerprint density at radius 3 is 2.18 bits per heavy atom. The van der Waals surface area contributed by atoms with E-state index in [0.29, 0.717) is 36.0 Å². The Morgan fingerprint density at radius 2 is 1.57 bits per heavy atom. The summed E-state index contributed by atoms with van der Waals surface area (Å²) in [5, 5.41) is 2.90. The summed E-state index contributed by atoms with van der Waals surface area (Å²) in [6, 6.07) is 12.1. The number of hydrogen-bond donors (Lipinski definition) is 1.